The minimum Gasteiger partial charge on any atom is -0.468 e. The van der Waals surface area contributed by atoms with Gasteiger partial charge >= 0.3 is 0 Å². The van der Waals surface area contributed by atoms with E-state index in [2.05, 4.69) is 29.1 Å². The average Bonchev–Trinajstić information content (AvgIpc) is 2.96. The highest BCUT2D eigenvalue weighted by Gasteiger charge is 2.06. The maximum Gasteiger partial charge on any atom is 0.132 e. The molecule has 4 nitrogen and oxygen atoms in total. The first-order valence-corrected chi connectivity index (χ1v) is 8.07. The molecule has 108 valence electrons. The fourth-order valence-electron chi connectivity index (χ4n) is 1.77. The Morgan fingerprint density at radius 2 is 2.15 bits per heavy atom. The van der Waals surface area contributed by atoms with E-state index in [0.29, 0.717) is 0 Å². The van der Waals surface area contributed by atoms with Crippen LogP contribution in [0, 0.1) is 0 Å². The summed E-state index contributed by atoms with van der Waals surface area (Å²) in [7, 11) is 0. The zero-order chi connectivity index (χ0) is 14.2. The van der Waals surface area contributed by atoms with Gasteiger partial charge in [0.2, 0.25) is 0 Å². The van der Waals surface area contributed by atoms with Crippen molar-refractivity contribution in [3.05, 3.63) is 36.0 Å². The van der Waals surface area contributed by atoms with Gasteiger partial charge in [-0.3, -0.25) is 0 Å². The minimum absolute atomic E-state index is 0.794. The molecule has 0 amide bonds. The Labute approximate surface area is 124 Å². The van der Waals surface area contributed by atoms with Crippen LogP contribution in [0.5, 0.6) is 0 Å². The van der Waals surface area contributed by atoms with Crippen LogP contribution in [0.4, 0.5) is 5.82 Å². The van der Waals surface area contributed by atoms with E-state index in [0.717, 1.165) is 54.0 Å². The van der Waals surface area contributed by atoms with Crippen LogP contribution in [0.25, 0.3) is 0 Å². The van der Waals surface area contributed by atoms with E-state index >= 15 is 0 Å². The van der Waals surface area contributed by atoms with Crippen molar-refractivity contribution in [3.63, 3.8) is 0 Å². The molecule has 0 aliphatic heterocycles. The van der Waals surface area contributed by atoms with Crippen LogP contribution in [0.3, 0.4) is 0 Å². The van der Waals surface area contributed by atoms with Gasteiger partial charge < -0.3 is 9.73 Å². The number of hydrogen-bond donors (Lipinski definition) is 1. The van der Waals surface area contributed by atoms with E-state index in [9.17, 15) is 0 Å². The quantitative estimate of drug-likeness (QED) is 0.585. The summed E-state index contributed by atoms with van der Waals surface area (Å²) in [5.74, 6) is 3.60. The predicted molar refractivity (Wildman–Crippen MR) is 83.1 cm³/mol. The van der Waals surface area contributed by atoms with Crippen LogP contribution in [-0.2, 0) is 12.2 Å². The Bertz CT molecular complexity index is 514. The minimum atomic E-state index is 0.794. The normalized spacial score (nSPS) is 10.7. The Hall–Kier alpha value is -1.49. The van der Waals surface area contributed by atoms with Gasteiger partial charge in [0.1, 0.15) is 22.4 Å². The molecule has 0 spiro atoms. The van der Waals surface area contributed by atoms with Crippen LogP contribution in [0.15, 0.2) is 33.9 Å². The number of aryl methyl sites for hydroxylation is 1. The third-order valence-corrected chi connectivity index (χ3v) is 3.65. The molecular weight excluding hydrogens is 270 g/mol. The fourth-order valence-corrected chi connectivity index (χ4v) is 2.58. The van der Waals surface area contributed by atoms with E-state index in [-0.39, 0.29) is 0 Å². The highest BCUT2D eigenvalue weighted by atomic mass is 32.2. The molecule has 0 bridgehead atoms. The number of nitrogens with one attached hydrogen (secondary N) is 1. The van der Waals surface area contributed by atoms with Gasteiger partial charge in [0, 0.05) is 19.0 Å². The van der Waals surface area contributed by atoms with Crippen LogP contribution < -0.4 is 5.32 Å². The van der Waals surface area contributed by atoms with Crippen LogP contribution in [0.1, 0.15) is 38.3 Å². The monoisotopic (exact) mass is 291 g/mol. The summed E-state index contributed by atoms with van der Waals surface area (Å²) >= 11 is 1.68. The van der Waals surface area contributed by atoms with Gasteiger partial charge in [0.15, 0.2) is 0 Å². The highest BCUT2D eigenvalue weighted by molar-refractivity contribution is 7.98. The SMILES string of the molecule is CCCNc1cc(SCc2ccco2)nc(CCC)n1. The molecule has 0 saturated heterocycles. The van der Waals surface area contributed by atoms with E-state index in [1.54, 1.807) is 18.0 Å². The second kappa shape index (κ2) is 7.94. The van der Waals surface area contributed by atoms with Crippen molar-refractivity contribution in [1.29, 1.82) is 0 Å². The van der Waals surface area contributed by atoms with Crippen molar-refractivity contribution in [3.8, 4) is 0 Å². The molecule has 2 aromatic heterocycles. The van der Waals surface area contributed by atoms with Gasteiger partial charge in [-0.1, -0.05) is 25.6 Å². The van der Waals surface area contributed by atoms with Crippen LogP contribution >= 0.6 is 11.8 Å². The Balaban J connectivity index is 2.06. The number of anilines is 1. The third kappa shape index (κ3) is 4.56. The largest absolute Gasteiger partial charge is 0.468 e. The highest BCUT2D eigenvalue weighted by Crippen LogP contribution is 2.23. The third-order valence-electron chi connectivity index (χ3n) is 2.72. The average molecular weight is 291 g/mol. The lowest BCUT2D eigenvalue weighted by atomic mass is 10.3. The van der Waals surface area contributed by atoms with Crippen molar-refractivity contribution >= 4 is 17.6 Å². The number of thioether (sulfide) groups is 1. The van der Waals surface area contributed by atoms with Crippen molar-refractivity contribution in [2.45, 2.75) is 43.9 Å². The molecule has 0 aromatic carbocycles. The number of furan rings is 1. The molecule has 1 N–H and O–H groups in total. The van der Waals surface area contributed by atoms with E-state index < -0.39 is 0 Å². The van der Waals surface area contributed by atoms with Gasteiger partial charge in [-0.2, -0.15) is 0 Å². The van der Waals surface area contributed by atoms with E-state index in [1.165, 1.54) is 0 Å². The number of aromatic nitrogens is 2. The molecule has 0 unspecified atom stereocenters. The molecule has 0 aliphatic rings. The van der Waals surface area contributed by atoms with Gasteiger partial charge in [-0.05, 0) is 25.0 Å². The first kappa shape index (κ1) is 14.9. The second-order valence-electron chi connectivity index (χ2n) is 4.55. The standard InChI is InChI=1S/C15H21N3OS/c1-3-6-13-17-14(16-8-4-2)10-15(18-13)20-11-12-7-5-9-19-12/h5,7,9-10H,3-4,6,8,11H2,1-2H3,(H,16,17,18). The van der Waals surface area contributed by atoms with Crippen LogP contribution in [0.2, 0.25) is 0 Å². The maximum atomic E-state index is 5.35. The van der Waals surface area contributed by atoms with Gasteiger partial charge in [0.05, 0.1) is 12.0 Å². The first-order chi connectivity index (χ1) is 9.81. The second-order valence-corrected chi connectivity index (χ2v) is 5.55. The van der Waals surface area contributed by atoms with E-state index in [4.69, 9.17) is 4.42 Å². The van der Waals surface area contributed by atoms with E-state index in [1.807, 2.05) is 18.2 Å². The molecule has 5 heteroatoms. The molecule has 0 radical (unpaired) electrons. The van der Waals surface area contributed by atoms with Gasteiger partial charge in [-0.15, -0.1) is 0 Å². The lowest BCUT2D eigenvalue weighted by molar-refractivity contribution is 0.530. The Morgan fingerprint density at radius 1 is 1.25 bits per heavy atom. The molecule has 2 aromatic rings. The summed E-state index contributed by atoms with van der Waals surface area (Å²) < 4.78 is 5.35. The summed E-state index contributed by atoms with van der Waals surface area (Å²) in [4.78, 5) is 9.15. The molecule has 0 fully saturated rings. The molecule has 0 aliphatic carbocycles. The Morgan fingerprint density at radius 3 is 2.85 bits per heavy atom. The fraction of sp³-hybridized carbons (Fsp3) is 0.467. The summed E-state index contributed by atoms with van der Waals surface area (Å²) in [5, 5.41) is 4.34. The lowest BCUT2D eigenvalue weighted by Gasteiger charge is -2.08. The molecule has 2 heterocycles. The van der Waals surface area contributed by atoms with Crippen molar-refractivity contribution in [1.82, 2.24) is 9.97 Å². The van der Waals surface area contributed by atoms with Crippen molar-refractivity contribution in [2.24, 2.45) is 0 Å². The zero-order valence-electron chi connectivity index (χ0n) is 12.1. The summed E-state index contributed by atoms with van der Waals surface area (Å²) in [6, 6.07) is 5.91. The first-order valence-electron chi connectivity index (χ1n) is 7.08. The lowest BCUT2D eigenvalue weighted by Crippen LogP contribution is -2.05. The molecule has 2 rings (SSSR count). The molecular formula is C15H21N3OS. The summed E-state index contributed by atoms with van der Waals surface area (Å²) in [6.07, 6.45) is 4.75. The molecule has 20 heavy (non-hydrogen) atoms. The van der Waals surface area contributed by atoms with Crippen molar-refractivity contribution in [2.75, 3.05) is 11.9 Å². The van der Waals surface area contributed by atoms with Crippen molar-refractivity contribution < 1.29 is 4.42 Å². The number of hydrogen-bond acceptors (Lipinski definition) is 5. The smallest absolute Gasteiger partial charge is 0.132 e. The summed E-state index contributed by atoms with van der Waals surface area (Å²) in [5.41, 5.74) is 0. The number of rotatable bonds is 8. The molecule has 0 atom stereocenters. The topological polar surface area (TPSA) is 51.0 Å². The maximum absolute atomic E-state index is 5.35. The Kier molecular flexibility index (Phi) is 5.92. The molecule has 0 saturated carbocycles. The number of nitrogens with zero attached hydrogens (tertiary/aromatic N) is 2. The van der Waals surface area contributed by atoms with Gasteiger partial charge in [-0.25, -0.2) is 9.97 Å². The predicted octanol–water partition coefficient (Wildman–Crippen LogP) is 4.14. The zero-order valence-corrected chi connectivity index (χ0v) is 12.9. The summed E-state index contributed by atoms with van der Waals surface area (Å²) in [6.45, 7) is 5.23. The van der Waals surface area contributed by atoms with Crippen LogP contribution in [-0.4, -0.2) is 16.5 Å². The van der Waals surface area contributed by atoms with Gasteiger partial charge in [0.25, 0.3) is 0 Å².